The normalized spacial score (nSPS) is 32.0. The lowest BCUT2D eigenvalue weighted by Crippen LogP contribution is -2.70. The second kappa shape index (κ2) is 7.80. The molecule has 6 rings (SSSR count). The van der Waals surface area contributed by atoms with Crippen LogP contribution in [0.3, 0.4) is 0 Å². The molecule has 0 amide bonds. The highest BCUT2D eigenvalue weighted by Crippen LogP contribution is 2.55. The molecule has 30 heavy (non-hydrogen) atoms. The summed E-state index contributed by atoms with van der Waals surface area (Å²) >= 11 is 0. The minimum absolute atomic E-state index is 0.269. The van der Waals surface area contributed by atoms with Crippen molar-refractivity contribution >= 4 is 0 Å². The lowest BCUT2D eigenvalue weighted by molar-refractivity contribution is -0.0528. The van der Waals surface area contributed by atoms with E-state index in [0.717, 1.165) is 30.8 Å². The van der Waals surface area contributed by atoms with E-state index in [4.69, 9.17) is 0 Å². The van der Waals surface area contributed by atoms with E-state index < -0.39 is 0 Å². The molecule has 2 aromatic carbocycles. The topological polar surface area (TPSA) is 24.1 Å². The largest absolute Gasteiger partial charge is 0.308 e. The molecule has 0 aliphatic heterocycles. The van der Waals surface area contributed by atoms with E-state index in [1.807, 2.05) is 0 Å². The van der Waals surface area contributed by atoms with Gasteiger partial charge in [0.05, 0.1) is 0 Å². The Bertz CT molecular complexity index is 876. The summed E-state index contributed by atoms with van der Waals surface area (Å²) < 4.78 is 0. The number of benzene rings is 2. The molecule has 3 atom stereocenters. The van der Waals surface area contributed by atoms with Crippen molar-refractivity contribution in [1.29, 1.82) is 0 Å². The van der Waals surface area contributed by atoms with Crippen molar-refractivity contribution in [1.82, 2.24) is 10.6 Å². The third-order valence-electron chi connectivity index (χ3n) is 8.05. The van der Waals surface area contributed by atoms with Gasteiger partial charge in [-0.15, -0.1) is 0 Å². The number of hydrogen-bond donors (Lipinski definition) is 2. The van der Waals surface area contributed by atoms with E-state index in [1.54, 1.807) is 0 Å². The molecule has 0 aromatic heterocycles. The number of aryl methyl sites for hydroxylation is 4. The zero-order chi connectivity index (χ0) is 20.9. The first-order chi connectivity index (χ1) is 14.4. The average Bonchev–Trinajstić information content (AvgIpc) is 2.64. The van der Waals surface area contributed by atoms with Gasteiger partial charge in [0.25, 0.3) is 0 Å². The molecule has 2 heteroatoms. The summed E-state index contributed by atoms with van der Waals surface area (Å²) in [6.07, 6.45) is 7.07. The predicted molar refractivity (Wildman–Crippen MR) is 126 cm³/mol. The molecule has 0 spiro atoms. The van der Waals surface area contributed by atoms with Gasteiger partial charge in [0.1, 0.15) is 0 Å². The number of rotatable bonds is 6. The molecule has 4 fully saturated rings. The van der Waals surface area contributed by atoms with Gasteiger partial charge in [-0.3, -0.25) is 0 Å². The fourth-order valence-electron chi connectivity index (χ4n) is 7.50. The predicted octanol–water partition coefficient (Wildman–Crippen LogP) is 5.75. The van der Waals surface area contributed by atoms with Gasteiger partial charge in [-0.1, -0.05) is 58.7 Å². The van der Waals surface area contributed by atoms with Crippen LogP contribution in [-0.2, 0) is 13.1 Å². The molecule has 4 bridgehead atoms. The molecule has 4 saturated carbocycles. The average molecular weight is 403 g/mol. The summed E-state index contributed by atoms with van der Waals surface area (Å²) in [7, 11) is 0. The SMILES string of the molecule is Cc1cc(C)cc(CNC2C3CC4CC(C3)CC2(NCc2cc(C)cc(C)c2)C4)c1. The highest BCUT2D eigenvalue weighted by Gasteiger charge is 2.56. The molecule has 0 radical (unpaired) electrons. The maximum atomic E-state index is 4.14. The van der Waals surface area contributed by atoms with Gasteiger partial charge in [-0.2, -0.15) is 0 Å². The molecule has 3 unspecified atom stereocenters. The number of nitrogens with one attached hydrogen (secondary N) is 2. The summed E-state index contributed by atoms with van der Waals surface area (Å²) in [5.41, 5.74) is 8.65. The maximum absolute atomic E-state index is 4.14. The summed E-state index contributed by atoms with van der Waals surface area (Å²) in [6.45, 7) is 10.9. The Labute approximate surface area is 182 Å². The van der Waals surface area contributed by atoms with Crippen LogP contribution in [0.15, 0.2) is 36.4 Å². The molecule has 4 aliphatic carbocycles. The smallest absolute Gasteiger partial charge is 0.0346 e. The second-order valence-corrected chi connectivity index (χ2v) is 11.0. The molecule has 2 aromatic rings. The third-order valence-corrected chi connectivity index (χ3v) is 8.05. The van der Waals surface area contributed by atoms with Gasteiger partial charge < -0.3 is 10.6 Å². The lowest BCUT2D eigenvalue weighted by Gasteiger charge is -2.62. The van der Waals surface area contributed by atoms with Crippen molar-refractivity contribution in [2.75, 3.05) is 0 Å². The molecule has 4 aliphatic rings. The first kappa shape index (κ1) is 20.3. The van der Waals surface area contributed by atoms with Crippen molar-refractivity contribution in [2.45, 2.75) is 84.5 Å². The van der Waals surface area contributed by atoms with Crippen molar-refractivity contribution in [2.24, 2.45) is 17.8 Å². The Hall–Kier alpha value is -1.64. The van der Waals surface area contributed by atoms with Crippen LogP contribution >= 0.6 is 0 Å². The van der Waals surface area contributed by atoms with Crippen LogP contribution in [0.4, 0.5) is 0 Å². The zero-order valence-electron chi connectivity index (χ0n) is 19.2. The van der Waals surface area contributed by atoms with Crippen LogP contribution in [0.25, 0.3) is 0 Å². The van der Waals surface area contributed by atoms with Crippen molar-refractivity contribution in [3.63, 3.8) is 0 Å². The Morgan fingerprint density at radius 2 is 1.20 bits per heavy atom. The molecule has 2 N–H and O–H groups in total. The monoisotopic (exact) mass is 402 g/mol. The molecule has 0 heterocycles. The van der Waals surface area contributed by atoms with Crippen LogP contribution in [0, 0.1) is 45.4 Å². The van der Waals surface area contributed by atoms with Gasteiger partial charge in [-0.25, -0.2) is 0 Å². The van der Waals surface area contributed by atoms with E-state index >= 15 is 0 Å². The van der Waals surface area contributed by atoms with Crippen LogP contribution in [0.1, 0.15) is 65.5 Å². The van der Waals surface area contributed by atoms with Crippen molar-refractivity contribution in [3.05, 3.63) is 69.8 Å². The molecular weight excluding hydrogens is 364 g/mol. The van der Waals surface area contributed by atoms with Crippen LogP contribution in [-0.4, -0.2) is 11.6 Å². The zero-order valence-corrected chi connectivity index (χ0v) is 19.2. The van der Waals surface area contributed by atoms with Crippen LogP contribution in [0.5, 0.6) is 0 Å². The Balaban J connectivity index is 1.36. The van der Waals surface area contributed by atoms with E-state index in [9.17, 15) is 0 Å². The van der Waals surface area contributed by atoms with E-state index in [2.05, 4.69) is 74.7 Å². The minimum atomic E-state index is 0.269. The Morgan fingerprint density at radius 3 is 1.73 bits per heavy atom. The van der Waals surface area contributed by atoms with E-state index in [0.29, 0.717) is 6.04 Å². The summed E-state index contributed by atoms with van der Waals surface area (Å²) in [5, 5.41) is 8.22. The van der Waals surface area contributed by atoms with Gasteiger partial charge in [0, 0.05) is 24.7 Å². The summed E-state index contributed by atoms with van der Waals surface area (Å²) in [6, 6.07) is 14.6. The molecule has 0 saturated heterocycles. The summed E-state index contributed by atoms with van der Waals surface area (Å²) in [4.78, 5) is 0. The van der Waals surface area contributed by atoms with Gasteiger partial charge in [0.2, 0.25) is 0 Å². The first-order valence-corrected chi connectivity index (χ1v) is 12.0. The fraction of sp³-hybridized carbons (Fsp3) is 0.571. The fourth-order valence-corrected chi connectivity index (χ4v) is 7.50. The molecule has 160 valence electrons. The summed E-state index contributed by atoms with van der Waals surface area (Å²) in [5.74, 6) is 2.72. The molecule has 2 nitrogen and oxygen atoms in total. The van der Waals surface area contributed by atoms with Crippen LogP contribution in [0.2, 0.25) is 0 Å². The van der Waals surface area contributed by atoms with Crippen LogP contribution < -0.4 is 10.6 Å². The standard InChI is InChI=1S/C28H38N2/c1-18-5-19(2)8-24(7-18)16-29-27-26-12-22-11-23(13-26)15-28(27,14-22)30-17-25-9-20(3)6-21(4)10-25/h5-10,22-23,26-27,29-30H,11-17H2,1-4H3. The second-order valence-electron chi connectivity index (χ2n) is 11.0. The van der Waals surface area contributed by atoms with Crippen molar-refractivity contribution < 1.29 is 0 Å². The number of hydrogen-bond acceptors (Lipinski definition) is 2. The van der Waals surface area contributed by atoms with Gasteiger partial charge in [-0.05, 0) is 88.7 Å². The lowest BCUT2D eigenvalue weighted by atomic mass is 9.50. The van der Waals surface area contributed by atoms with E-state index in [-0.39, 0.29) is 5.54 Å². The molecular formula is C28H38N2. The Kier molecular flexibility index (Phi) is 5.27. The quantitative estimate of drug-likeness (QED) is 0.643. The van der Waals surface area contributed by atoms with Crippen molar-refractivity contribution in [3.8, 4) is 0 Å². The van der Waals surface area contributed by atoms with E-state index in [1.165, 1.54) is 65.5 Å². The third kappa shape index (κ3) is 3.97. The minimum Gasteiger partial charge on any atom is -0.308 e. The highest BCUT2D eigenvalue weighted by atomic mass is 15.1. The maximum Gasteiger partial charge on any atom is 0.0346 e. The Morgan fingerprint density at radius 1 is 0.700 bits per heavy atom. The van der Waals surface area contributed by atoms with Gasteiger partial charge >= 0.3 is 0 Å². The highest BCUT2D eigenvalue weighted by molar-refractivity contribution is 5.30. The van der Waals surface area contributed by atoms with Gasteiger partial charge in [0.15, 0.2) is 0 Å². The first-order valence-electron chi connectivity index (χ1n) is 12.0.